The molecule has 1 heterocycles. The third-order valence-electron chi connectivity index (χ3n) is 2.58. The lowest BCUT2D eigenvalue weighted by Crippen LogP contribution is -2.38. The van der Waals surface area contributed by atoms with E-state index in [9.17, 15) is 4.79 Å². The number of benzene rings is 1. The Balaban J connectivity index is 2.04. The minimum Gasteiger partial charge on any atom is -0.382 e. The predicted octanol–water partition coefficient (Wildman–Crippen LogP) is 2.36. The van der Waals surface area contributed by atoms with Gasteiger partial charge in [0.05, 0.1) is 5.71 Å². The molecule has 4 nitrogen and oxygen atoms in total. The quantitative estimate of drug-likeness (QED) is 0.913. The van der Waals surface area contributed by atoms with Gasteiger partial charge in [0.1, 0.15) is 0 Å². The van der Waals surface area contributed by atoms with Crippen LogP contribution in [0, 0.1) is 0 Å². The van der Waals surface area contributed by atoms with Gasteiger partial charge in [-0.1, -0.05) is 35.0 Å². The first kappa shape index (κ1) is 12.9. The normalized spacial score (nSPS) is 18.4. The summed E-state index contributed by atoms with van der Waals surface area (Å²) in [6.45, 7) is 3.81. The lowest BCUT2D eigenvalue weighted by Gasteiger charge is -2.11. The van der Waals surface area contributed by atoms with Gasteiger partial charge in [-0.2, -0.15) is 0 Å². The molecule has 1 aromatic carbocycles. The molecule has 1 atom stereocenters. The molecular formula is C13H15ClN2O2. The maximum absolute atomic E-state index is 11.8. The van der Waals surface area contributed by atoms with Crippen molar-refractivity contribution in [3.63, 3.8) is 0 Å². The molecule has 0 aliphatic carbocycles. The van der Waals surface area contributed by atoms with Crippen molar-refractivity contribution in [2.45, 2.75) is 32.4 Å². The molecule has 5 heteroatoms. The standard InChI is InChI=1S/C13H15ClN2O2/c1-8(2)15-13(17)12-7-11(16-18-12)9-5-3-4-6-10(9)14/h3-6,8,12H,7H2,1-2H3,(H,15,17)/t12-/m0/s1. The Hall–Kier alpha value is -1.55. The van der Waals surface area contributed by atoms with Gasteiger partial charge in [0, 0.05) is 23.0 Å². The van der Waals surface area contributed by atoms with E-state index in [0.717, 1.165) is 5.56 Å². The Labute approximate surface area is 111 Å². The number of halogens is 1. The first-order chi connectivity index (χ1) is 8.58. The van der Waals surface area contributed by atoms with Gasteiger partial charge < -0.3 is 10.2 Å². The Kier molecular flexibility index (Phi) is 3.87. The second-order valence-electron chi connectivity index (χ2n) is 4.48. The number of amides is 1. The van der Waals surface area contributed by atoms with E-state index in [2.05, 4.69) is 10.5 Å². The Morgan fingerprint density at radius 1 is 1.50 bits per heavy atom. The van der Waals surface area contributed by atoms with E-state index in [-0.39, 0.29) is 11.9 Å². The van der Waals surface area contributed by atoms with Crippen LogP contribution in [0.4, 0.5) is 0 Å². The van der Waals surface area contributed by atoms with Gasteiger partial charge in [0.15, 0.2) is 0 Å². The molecule has 0 bridgehead atoms. The van der Waals surface area contributed by atoms with E-state index >= 15 is 0 Å². The predicted molar refractivity (Wildman–Crippen MR) is 70.8 cm³/mol. The molecule has 0 aromatic heterocycles. The molecule has 1 N–H and O–H groups in total. The van der Waals surface area contributed by atoms with E-state index in [4.69, 9.17) is 16.4 Å². The van der Waals surface area contributed by atoms with Crippen molar-refractivity contribution < 1.29 is 9.63 Å². The van der Waals surface area contributed by atoms with Crippen LogP contribution in [0.15, 0.2) is 29.4 Å². The number of nitrogens with one attached hydrogen (secondary N) is 1. The smallest absolute Gasteiger partial charge is 0.264 e. The van der Waals surface area contributed by atoms with Gasteiger partial charge in [0.2, 0.25) is 6.10 Å². The highest BCUT2D eigenvalue weighted by Gasteiger charge is 2.29. The lowest BCUT2D eigenvalue weighted by atomic mass is 10.0. The van der Waals surface area contributed by atoms with Crippen LogP contribution < -0.4 is 5.32 Å². The van der Waals surface area contributed by atoms with E-state index < -0.39 is 6.10 Å². The second kappa shape index (κ2) is 5.40. The fraction of sp³-hybridized carbons (Fsp3) is 0.385. The van der Waals surface area contributed by atoms with Crippen molar-refractivity contribution in [2.24, 2.45) is 5.16 Å². The number of hydrogen-bond acceptors (Lipinski definition) is 3. The molecule has 0 radical (unpaired) electrons. The molecule has 1 aromatic rings. The maximum atomic E-state index is 11.8. The molecule has 1 aliphatic rings. The van der Waals surface area contributed by atoms with Crippen LogP contribution in [0.2, 0.25) is 5.02 Å². The van der Waals surface area contributed by atoms with Gasteiger partial charge in [0.25, 0.3) is 5.91 Å². The lowest BCUT2D eigenvalue weighted by molar-refractivity contribution is -0.131. The Morgan fingerprint density at radius 3 is 2.89 bits per heavy atom. The molecule has 0 saturated carbocycles. The average Bonchev–Trinajstić information content (AvgIpc) is 2.78. The molecule has 1 aliphatic heterocycles. The van der Waals surface area contributed by atoms with Crippen LogP contribution in [0.1, 0.15) is 25.8 Å². The largest absolute Gasteiger partial charge is 0.382 e. The number of nitrogens with zero attached hydrogens (tertiary/aromatic N) is 1. The van der Waals surface area contributed by atoms with Gasteiger partial charge in [-0.05, 0) is 19.9 Å². The summed E-state index contributed by atoms with van der Waals surface area (Å²) in [4.78, 5) is 16.9. The number of rotatable bonds is 3. The van der Waals surface area contributed by atoms with Crippen LogP contribution in [0.3, 0.4) is 0 Å². The molecule has 0 fully saturated rings. The zero-order valence-electron chi connectivity index (χ0n) is 10.3. The third-order valence-corrected chi connectivity index (χ3v) is 2.91. The summed E-state index contributed by atoms with van der Waals surface area (Å²) >= 11 is 6.08. The summed E-state index contributed by atoms with van der Waals surface area (Å²) in [5.74, 6) is -0.143. The molecule has 0 saturated heterocycles. The fourth-order valence-corrected chi connectivity index (χ4v) is 1.99. The van der Waals surface area contributed by atoms with Crippen molar-refractivity contribution in [1.29, 1.82) is 0 Å². The molecule has 0 spiro atoms. The van der Waals surface area contributed by atoms with Crippen molar-refractivity contribution in [1.82, 2.24) is 5.32 Å². The van der Waals surface area contributed by atoms with E-state index in [1.807, 2.05) is 32.0 Å². The summed E-state index contributed by atoms with van der Waals surface area (Å²) in [6, 6.07) is 7.48. The minimum absolute atomic E-state index is 0.0884. The van der Waals surface area contributed by atoms with Crippen molar-refractivity contribution in [2.75, 3.05) is 0 Å². The van der Waals surface area contributed by atoms with Crippen molar-refractivity contribution >= 4 is 23.2 Å². The number of oxime groups is 1. The van der Waals surface area contributed by atoms with Gasteiger partial charge in [-0.25, -0.2) is 0 Å². The summed E-state index contributed by atoms with van der Waals surface area (Å²) in [5.41, 5.74) is 1.53. The Morgan fingerprint density at radius 2 is 2.22 bits per heavy atom. The molecule has 1 amide bonds. The first-order valence-corrected chi connectivity index (χ1v) is 6.23. The summed E-state index contributed by atoms with van der Waals surface area (Å²) in [6.07, 6.45) is -0.110. The highest BCUT2D eigenvalue weighted by molar-refractivity contribution is 6.34. The fourth-order valence-electron chi connectivity index (χ4n) is 1.75. The van der Waals surface area contributed by atoms with Crippen molar-refractivity contribution in [3.05, 3.63) is 34.9 Å². The van der Waals surface area contributed by atoms with Gasteiger partial charge in [-0.3, -0.25) is 4.79 Å². The monoisotopic (exact) mass is 266 g/mol. The van der Waals surface area contributed by atoms with E-state index in [1.54, 1.807) is 6.07 Å². The molecule has 0 unspecified atom stereocenters. The van der Waals surface area contributed by atoms with Crippen LogP contribution in [0.25, 0.3) is 0 Å². The first-order valence-electron chi connectivity index (χ1n) is 5.86. The zero-order chi connectivity index (χ0) is 13.1. The van der Waals surface area contributed by atoms with Crippen molar-refractivity contribution in [3.8, 4) is 0 Å². The number of carbonyl (C=O) groups is 1. The van der Waals surface area contributed by atoms with Gasteiger partial charge >= 0.3 is 0 Å². The van der Waals surface area contributed by atoms with Crippen LogP contribution in [-0.4, -0.2) is 23.8 Å². The summed E-state index contributed by atoms with van der Waals surface area (Å²) in [5, 5.41) is 7.36. The van der Waals surface area contributed by atoms with E-state index in [0.29, 0.717) is 17.2 Å². The molecular weight excluding hydrogens is 252 g/mol. The SMILES string of the molecule is CC(C)NC(=O)[C@@H]1CC(c2ccccc2Cl)=NO1. The molecule has 18 heavy (non-hydrogen) atoms. The highest BCUT2D eigenvalue weighted by atomic mass is 35.5. The summed E-state index contributed by atoms with van der Waals surface area (Å²) in [7, 11) is 0. The molecule has 96 valence electrons. The van der Waals surface area contributed by atoms with Gasteiger partial charge in [-0.15, -0.1) is 0 Å². The van der Waals surface area contributed by atoms with E-state index in [1.165, 1.54) is 0 Å². The van der Waals surface area contributed by atoms with Crippen LogP contribution >= 0.6 is 11.6 Å². The Bertz CT molecular complexity index is 486. The van der Waals surface area contributed by atoms with Crippen LogP contribution in [-0.2, 0) is 9.63 Å². The number of hydrogen-bond donors (Lipinski definition) is 1. The van der Waals surface area contributed by atoms with Crippen LogP contribution in [0.5, 0.6) is 0 Å². The topological polar surface area (TPSA) is 50.7 Å². The third kappa shape index (κ3) is 2.82. The summed E-state index contributed by atoms with van der Waals surface area (Å²) < 4.78 is 0. The number of carbonyl (C=O) groups excluding carboxylic acids is 1. The maximum Gasteiger partial charge on any atom is 0.264 e. The zero-order valence-corrected chi connectivity index (χ0v) is 11.1. The molecule has 2 rings (SSSR count). The second-order valence-corrected chi connectivity index (χ2v) is 4.89. The average molecular weight is 267 g/mol. The minimum atomic E-state index is -0.557. The highest BCUT2D eigenvalue weighted by Crippen LogP contribution is 2.22.